The quantitative estimate of drug-likeness (QED) is 0.0202. The molecule has 0 radical (unpaired) electrons. The Morgan fingerprint density at radius 1 is 0.554 bits per heavy atom. The van der Waals surface area contributed by atoms with Crippen LogP contribution in [0.15, 0.2) is 12.2 Å². The molecule has 0 aromatic carbocycles. The van der Waals surface area contributed by atoms with Crippen LogP contribution < -0.4 is 0 Å². The van der Waals surface area contributed by atoms with E-state index in [1.165, 1.54) is 109 Å². The zero-order valence-electron chi connectivity index (χ0n) is 36.2. The fourth-order valence-corrected chi connectivity index (χ4v) is 7.18. The summed E-state index contributed by atoms with van der Waals surface area (Å²) in [5, 5.41) is 20.4. The number of carbonyl (C=O) groups is 2. The fraction of sp³-hybridized carbons (Fsp3) is 0.911. The SMILES string of the molecule is CCCCC/C=C\C[C@H](O)[C@@H](O)CCCCCCCC(=O)O[C@H](COC(=O)CCCCCCCCCCCCCCCCCCCCC(C)C)COP(=O)(O)O. The first-order valence-corrected chi connectivity index (χ1v) is 24.5. The smallest absolute Gasteiger partial charge is 0.462 e. The van der Waals surface area contributed by atoms with E-state index in [0.29, 0.717) is 25.7 Å². The van der Waals surface area contributed by atoms with Gasteiger partial charge in [0.15, 0.2) is 6.10 Å². The Morgan fingerprint density at radius 3 is 1.46 bits per heavy atom. The highest BCUT2D eigenvalue weighted by Gasteiger charge is 2.23. The molecule has 0 aliphatic carbocycles. The maximum atomic E-state index is 12.4. The molecule has 0 aromatic rings. The van der Waals surface area contributed by atoms with Crippen LogP contribution in [0.4, 0.5) is 0 Å². The predicted octanol–water partition coefficient (Wildman–Crippen LogP) is 12.0. The van der Waals surface area contributed by atoms with E-state index in [1.54, 1.807) is 0 Å². The monoisotopic (exact) mass is 819 g/mol. The lowest BCUT2D eigenvalue weighted by molar-refractivity contribution is -0.161. The second kappa shape index (κ2) is 39.2. The standard InChI is InChI=1S/C45H87O10P/c1-4-5-6-7-24-29-34-42(46)43(47)35-30-25-22-27-32-37-45(49)55-41(39-54-56(50,51)52)38-53-44(48)36-31-26-21-19-17-15-13-11-9-8-10-12-14-16-18-20-23-28-33-40(2)3/h24,29,40-43,46-47H,4-23,25-28,30-39H2,1-3H3,(H2,50,51,52)/b29-24-/t41-,42+,43+/m1/s1. The molecule has 0 amide bonds. The van der Waals surface area contributed by atoms with E-state index in [1.807, 2.05) is 6.08 Å². The van der Waals surface area contributed by atoms with Crippen molar-refractivity contribution in [2.24, 2.45) is 5.92 Å². The van der Waals surface area contributed by atoms with Gasteiger partial charge in [-0.3, -0.25) is 14.1 Å². The molecular formula is C45H87O10P. The highest BCUT2D eigenvalue weighted by molar-refractivity contribution is 7.46. The average molecular weight is 819 g/mol. The summed E-state index contributed by atoms with van der Waals surface area (Å²) in [6.07, 6.45) is 35.3. The lowest BCUT2D eigenvalue weighted by Crippen LogP contribution is -2.29. The summed E-state index contributed by atoms with van der Waals surface area (Å²) in [6, 6.07) is 0. The lowest BCUT2D eigenvalue weighted by Gasteiger charge is -2.18. The van der Waals surface area contributed by atoms with Crippen LogP contribution in [0.3, 0.4) is 0 Å². The summed E-state index contributed by atoms with van der Waals surface area (Å²) >= 11 is 0. The second-order valence-corrected chi connectivity index (χ2v) is 17.8. The van der Waals surface area contributed by atoms with Crippen molar-refractivity contribution in [3.8, 4) is 0 Å². The van der Waals surface area contributed by atoms with Gasteiger partial charge in [0.2, 0.25) is 0 Å². The average Bonchev–Trinajstić information content (AvgIpc) is 3.15. The molecule has 0 aromatic heterocycles. The van der Waals surface area contributed by atoms with Gasteiger partial charge in [-0.25, -0.2) is 4.57 Å². The van der Waals surface area contributed by atoms with Crippen molar-refractivity contribution in [2.45, 2.75) is 245 Å². The molecule has 0 rings (SSSR count). The molecule has 0 saturated carbocycles. The number of aliphatic hydroxyl groups excluding tert-OH is 2. The molecule has 0 heterocycles. The van der Waals surface area contributed by atoms with Crippen molar-refractivity contribution in [3.05, 3.63) is 12.2 Å². The molecule has 0 saturated heterocycles. The molecule has 0 aliphatic heterocycles. The Hall–Kier alpha value is -1.29. The van der Waals surface area contributed by atoms with Crippen molar-refractivity contribution in [1.29, 1.82) is 0 Å². The van der Waals surface area contributed by atoms with Crippen molar-refractivity contribution >= 4 is 19.8 Å². The number of ether oxygens (including phenoxy) is 2. The van der Waals surface area contributed by atoms with Gasteiger partial charge in [0, 0.05) is 12.8 Å². The van der Waals surface area contributed by atoms with Crippen LogP contribution in [-0.2, 0) is 28.2 Å². The van der Waals surface area contributed by atoms with Gasteiger partial charge in [-0.2, -0.15) is 0 Å². The number of unbranched alkanes of at least 4 members (excludes halogenated alkanes) is 24. The van der Waals surface area contributed by atoms with Gasteiger partial charge in [-0.1, -0.05) is 187 Å². The number of esters is 2. The maximum Gasteiger partial charge on any atom is 0.469 e. The number of phosphoric ester groups is 1. The van der Waals surface area contributed by atoms with E-state index in [2.05, 4.69) is 31.4 Å². The lowest BCUT2D eigenvalue weighted by atomic mass is 10.0. The molecular weight excluding hydrogens is 731 g/mol. The number of carbonyl (C=O) groups excluding carboxylic acids is 2. The van der Waals surface area contributed by atoms with E-state index in [-0.39, 0.29) is 19.4 Å². The van der Waals surface area contributed by atoms with Gasteiger partial charge in [0.25, 0.3) is 0 Å². The Morgan fingerprint density at radius 2 is 1.00 bits per heavy atom. The highest BCUT2D eigenvalue weighted by atomic mass is 31.2. The molecule has 4 N–H and O–H groups in total. The third-order valence-corrected chi connectivity index (χ3v) is 10.9. The summed E-state index contributed by atoms with van der Waals surface area (Å²) in [5.41, 5.74) is 0. The Bertz CT molecular complexity index is 969. The minimum atomic E-state index is -4.79. The molecule has 0 fully saturated rings. The minimum Gasteiger partial charge on any atom is -0.462 e. The number of hydrogen-bond donors (Lipinski definition) is 4. The van der Waals surface area contributed by atoms with Crippen LogP contribution in [0.1, 0.15) is 226 Å². The number of phosphoric acid groups is 1. The van der Waals surface area contributed by atoms with Gasteiger partial charge >= 0.3 is 19.8 Å². The molecule has 10 nitrogen and oxygen atoms in total. The maximum absolute atomic E-state index is 12.4. The molecule has 0 spiro atoms. The third kappa shape index (κ3) is 40.9. The van der Waals surface area contributed by atoms with Gasteiger partial charge in [-0.05, 0) is 44.4 Å². The van der Waals surface area contributed by atoms with Gasteiger partial charge in [-0.15, -0.1) is 0 Å². The molecule has 3 atom stereocenters. The van der Waals surface area contributed by atoms with Gasteiger partial charge in [0.05, 0.1) is 18.8 Å². The topological polar surface area (TPSA) is 160 Å². The summed E-state index contributed by atoms with van der Waals surface area (Å²) in [5.74, 6) is -0.142. The summed E-state index contributed by atoms with van der Waals surface area (Å²) in [6.45, 7) is 5.88. The van der Waals surface area contributed by atoms with Crippen molar-refractivity contribution in [1.82, 2.24) is 0 Å². The molecule has 332 valence electrons. The van der Waals surface area contributed by atoms with Crippen molar-refractivity contribution in [2.75, 3.05) is 13.2 Å². The highest BCUT2D eigenvalue weighted by Crippen LogP contribution is 2.36. The zero-order valence-corrected chi connectivity index (χ0v) is 37.1. The summed E-state index contributed by atoms with van der Waals surface area (Å²) in [7, 11) is -4.79. The number of allylic oxidation sites excluding steroid dienone is 1. The molecule has 56 heavy (non-hydrogen) atoms. The first kappa shape index (κ1) is 54.7. The first-order valence-electron chi connectivity index (χ1n) is 23.0. The van der Waals surface area contributed by atoms with Crippen LogP contribution in [0.2, 0.25) is 0 Å². The molecule has 0 bridgehead atoms. The molecule has 0 aliphatic rings. The van der Waals surface area contributed by atoms with Crippen molar-refractivity contribution in [3.63, 3.8) is 0 Å². The fourth-order valence-electron chi connectivity index (χ4n) is 6.82. The number of aliphatic hydroxyl groups is 2. The van der Waals surface area contributed by atoms with Gasteiger partial charge in [0.1, 0.15) is 6.61 Å². The van der Waals surface area contributed by atoms with E-state index in [4.69, 9.17) is 19.3 Å². The Labute approximate surface area is 342 Å². The normalized spacial score (nSPS) is 13.7. The van der Waals surface area contributed by atoms with Crippen LogP contribution in [0.5, 0.6) is 0 Å². The number of hydrogen-bond acceptors (Lipinski definition) is 8. The summed E-state index contributed by atoms with van der Waals surface area (Å²) < 4.78 is 26.4. The third-order valence-electron chi connectivity index (χ3n) is 10.4. The Balaban J connectivity index is 3.92. The van der Waals surface area contributed by atoms with Crippen LogP contribution in [0.25, 0.3) is 0 Å². The van der Waals surface area contributed by atoms with Crippen molar-refractivity contribution < 1.29 is 48.2 Å². The van der Waals surface area contributed by atoms with E-state index in [0.717, 1.165) is 63.7 Å². The van der Waals surface area contributed by atoms with E-state index < -0.39 is 44.7 Å². The van der Waals surface area contributed by atoms with Crippen LogP contribution in [0, 0.1) is 5.92 Å². The zero-order chi connectivity index (χ0) is 41.5. The first-order chi connectivity index (χ1) is 26.9. The molecule has 0 unspecified atom stereocenters. The van der Waals surface area contributed by atoms with E-state index in [9.17, 15) is 24.4 Å². The largest absolute Gasteiger partial charge is 0.469 e. The molecule has 11 heteroatoms. The van der Waals surface area contributed by atoms with E-state index >= 15 is 0 Å². The van der Waals surface area contributed by atoms with Gasteiger partial charge < -0.3 is 29.5 Å². The van der Waals surface area contributed by atoms with Crippen LogP contribution >= 0.6 is 7.82 Å². The van der Waals surface area contributed by atoms with Crippen LogP contribution in [-0.4, -0.2) is 63.5 Å². The predicted molar refractivity (Wildman–Crippen MR) is 228 cm³/mol. The minimum absolute atomic E-state index is 0.116. The second-order valence-electron chi connectivity index (χ2n) is 16.5. The summed E-state index contributed by atoms with van der Waals surface area (Å²) in [4.78, 5) is 43.0. The Kier molecular flexibility index (Phi) is 38.3. The number of rotatable bonds is 42.